The molecule has 0 aliphatic heterocycles. The third-order valence-corrected chi connectivity index (χ3v) is 2.62. The molecule has 0 amide bonds. The lowest BCUT2D eigenvalue weighted by atomic mass is 9.99. The number of hydrogen-bond donors (Lipinski definition) is 0. The van der Waals surface area contributed by atoms with E-state index >= 15 is 0 Å². The Bertz CT molecular complexity index is 357. The van der Waals surface area contributed by atoms with E-state index in [1.165, 1.54) is 0 Å². The monoisotopic (exact) mass is 235 g/mol. The highest BCUT2D eigenvalue weighted by molar-refractivity contribution is 5.96. The van der Waals surface area contributed by atoms with E-state index in [1.54, 1.807) is 7.11 Å². The molecule has 1 unspecified atom stereocenters. The fourth-order valence-corrected chi connectivity index (χ4v) is 1.90. The summed E-state index contributed by atoms with van der Waals surface area (Å²) in [6.45, 7) is 3.03. The van der Waals surface area contributed by atoms with Gasteiger partial charge in [-0.25, -0.2) is 0 Å². The number of benzene rings is 1. The van der Waals surface area contributed by atoms with Crippen LogP contribution in [0.3, 0.4) is 0 Å². The number of rotatable bonds is 6. The van der Waals surface area contributed by atoms with Crippen LogP contribution in [0.4, 0.5) is 0 Å². The van der Waals surface area contributed by atoms with E-state index < -0.39 is 0 Å². The normalized spacial score (nSPS) is 12.5. The molecule has 1 aromatic carbocycles. The largest absolute Gasteiger partial charge is 0.497 e. The standard InChI is InChI=1S/C14H21NO2/c1-11(10-15(2)3)9-14(16)12-5-7-13(17-4)8-6-12/h5-8,11H,9-10H2,1-4H3. The zero-order valence-corrected chi connectivity index (χ0v) is 11.1. The van der Waals surface area contributed by atoms with Crippen molar-refractivity contribution < 1.29 is 9.53 Å². The van der Waals surface area contributed by atoms with Gasteiger partial charge >= 0.3 is 0 Å². The van der Waals surface area contributed by atoms with Crippen LogP contribution in [-0.4, -0.2) is 38.4 Å². The van der Waals surface area contributed by atoms with Crippen molar-refractivity contribution in [1.82, 2.24) is 4.90 Å². The summed E-state index contributed by atoms with van der Waals surface area (Å²) in [5, 5.41) is 0. The molecule has 1 aromatic rings. The van der Waals surface area contributed by atoms with Gasteiger partial charge < -0.3 is 9.64 Å². The quantitative estimate of drug-likeness (QED) is 0.709. The van der Waals surface area contributed by atoms with Crippen LogP contribution in [0.25, 0.3) is 0 Å². The van der Waals surface area contributed by atoms with Gasteiger partial charge in [-0.3, -0.25) is 4.79 Å². The maximum Gasteiger partial charge on any atom is 0.163 e. The number of nitrogens with zero attached hydrogens (tertiary/aromatic N) is 1. The van der Waals surface area contributed by atoms with Gasteiger partial charge in [-0.05, 0) is 44.3 Å². The molecule has 0 saturated carbocycles. The van der Waals surface area contributed by atoms with Gasteiger partial charge in [0.05, 0.1) is 7.11 Å². The lowest BCUT2D eigenvalue weighted by Gasteiger charge is -2.16. The first-order valence-electron chi connectivity index (χ1n) is 5.85. The molecule has 0 aromatic heterocycles. The molecule has 3 nitrogen and oxygen atoms in total. The highest BCUT2D eigenvalue weighted by Crippen LogP contribution is 2.15. The zero-order valence-electron chi connectivity index (χ0n) is 11.1. The van der Waals surface area contributed by atoms with Crippen LogP contribution in [-0.2, 0) is 0 Å². The Morgan fingerprint density at radius 3 is 2.35 bits per heavy atom. The van der Waals surface area contributed by atoms with Crippen molar-refractivity contribution in [1.29, 1.82) is 0 Å². The topological polar surface area (TPSA) is 29.5 Å². The Balaban J connectivity index is 2.57. The van der Waals surface area contributed by atoms with Crippen molar-refractivity contribution in [2.45, 2.75) is 13.3 Å². The minimum Gasteiger partial charge on any atom is -0.497 e. The highest BCUT2D eigenvalue weighted by Gasteiger charge is 2.12. The van der Waals surface area contributed by atoms with Crippen molar-refractivity contribution in [3.63, 3.8) is 0 Å². The second-order valence-electron chi connectivity index (χ2n) is 4.72. The number of ether oxygens (including phenoxy) is 1. The molecule has 94 valence electrons. The predicted molar refractivity (Wildman–Crippen MR) is 69.7 cm³/mol. The summed E-state index contributed by atoms with van der Waals surface area (Å²) in [6, 6.07) is 7.29. The smallest absolute Gasteiger partial charge is 0.163 e. The van der Waals surface area contributed by atoms with Gasteiger partial charge in [0.1, 0.15) is 5.75 Å². The molecule has 0 aliphatic carbocycles. The third kappa shape index (κ3) is 4.57. The molecule has 0 N–H and O–H groups in total. The number of ketones is 1. The molecule has 1 atom stereocenters. The molecule has 0 saturated heterocycles. The summed E-state index contributed by atoms with van der Waals surface area (Å²) in [4.78, 5) is 14.1. The van der Waals surface area contributed by atoms with E-state index in [1.807, 2.05) is 38.4 Å². The average Bonchev–Trinajstić information content (AvgIpc) is 2.28. The van der Waals surface area contributed by atoms with Crippen molar-refractivity contribution in [2.24, 2.45) is 5.92 Å². The van der Waals surface area contributed by atoms with Gasteiger partial charge in [-0.15, -0.1) is 0 Å². The summed E-state index contributed by atoms with van der Waals surface area (Å²) in [5.41, 5.74) is 0.761. The van der Waals surface area contributed by atoms with Gasteiger partial charge in [-0.1, -0.05) is 6.92 Å². The van der Waals surface area contributed by atoms with Crippen LogP contribution < -0.4 is 4.74 Å². The van der Waals surface area contributed by atoms with Crippen LogP contribution >= 0.6 is 0 Å². The van der Waals surface area contributed by atoms with Crippen LogP contribution in [0.5, 0.6) is 5.75 Å². The highest BCUT2D eigenvalue weighted by atomic mass is 16.5. The van der Waals surface area contributed by atoms with Crippen molar-refractivity contribution in [2.75, 3.05) is 27.7 Å². The molecule has 3 heteroatoms. The summed E-state index contributed by atoms with van der Waals surface area (Å²) in [5.74, 6) is 1.35. The number of methoxy groups -OCH3 is 1. The molecule has 0 heterocycles. The van der Waals surface area contributed by atoms with E-state index in [4.69, 9.17) is 4.74 Å². The first-order valence-corrected chi connectivity index (χ1v) is 5.85. The molecular formula is C14H21NO2. The molecule has 1 rings (SSSR count). The fraction of sp³-hybridized carbons (Fsp3) is 0.500. The fourth-order valence-electron chi connectivity index (χ4n) is 1.90. The van der Waals surface area contributed by atoms with Crippen LogP contribution in [0, 0.1) is 5.92 Å². The zero-order chi connectivity index (χ0) is 12.8. The number of hydrogen-bond acceptors (Lipinski definition) is 3. The molecule has 0 radical (unpaired) electrons. The van der Waals surface area contributed by atoms with Gasteiger partial charge in [-0.2, -0.15) is 0 Å². The number of carbonyl (C=O) groups excluding carboxylic acids is 1. The lowest BCUT2D eigenvalue weighted by molar-refractivity contribution is 0.0958. The van der Waals surface area contributed by atoms with Crippen molar-refractivity contribution >= 4 is 5.78 Å². The average molecular weight is 235 g/mol. The minimum atomic E-state index is 0.196. The SMILES string of the molecule is COc1ccc(C(=O)CC(C)CN(C)C)cc1. The van der Waals surface area contributed by atoms with E-state index in [9.17, 15) is 4.79 Å². The maximum atomic E-state index is 12.0. The second-order valence-corrected chi connectivity index (χ2v) is 4.72. The van der Waals surface area contributed by atoms with E-state index in [-0.39, 0.29) is 5.78 Å². The summed E-state index contributed by atoms with van der Waals surface area (Å²) in [7, 11) is 5.67. The minimum absolute atomic E-state index is 0.196. The Kier molecular flexibility index (Phi) is 5.16. The molecular weight excluding hydrogens is 214 g/mol. The van der Waals surface area contributed by atoms with Gasteiger partial charge in [0, 0.05) is 18.5 Å². The summed E-state index contributed by atoms with van der Waals surface area (Å²) in [6.07, 6.45) is 0.588. The molecule has 0 aliphatic rings. The van der Waals surface area contributed by atoms with Crippen LogP contribution in [0.2, 0.25) is 0 Å². The first-order chi connectivity index (χ1) is 8.02. The summed E-state index contributed by atoms with van der Waals surface area (Å²) < 4.78 is 5.06. The van der Waals surface area contributed by atoms with E-state index in [2.05, 4.69) is 11.8 Å². The number of carbonyl (C=O) groups is 1. The van der Waals surface area contributed by atoms with Crippen LogP contribution in [0.1, 0.15) is 23.7 Å². The van der Waals surface area contributed by atoms with Crippen molar-refractivity contribution in [3.8, 4) is 5.75 Å². The predicted octanol–water partition coefficient (Wildman–Crippen LogP) is 2.47. The summed E-state index contributed by atoms with van der Waals surface area (Å²) >= 11 is 0. The Morgan fingerprint density at radius 2 is 1.88 bits per heavy atom. The number of Topliss-reactive ketones (excluding diaryl/α,β-unsaturated/α-hetero) is 1. The lowest BCUT2D eigenvalue weighted by Crippen LogP contribution is -2.21. The maximum absolute atomic E-state index is 12.0. The van der Waals surface area contributed by atoms with E-state index in [0.717, 1.165) is 17.9 Å². The van der Waals surface area contributed by atoms with Crippen molar-refractivity contribution in [3.05, 3.63) is 29.8 Å². The molecule has 17 heavy (non-hydrogen) atoms. The second kappa shape index (κ2) is 6.40. The van der Waals surface area contributed by atoms with Gasteiger partial charge in [0.2, 0.25) is 0 Å². The Morgan fingerprint density at radius 1 is 1.29 bits per heavy atom. The molecule has 0 fully saturated rings. The van der Waals surface area contributed by atoms with Crippen LogP contribution in [0.15, 0.2) is 24.3 Å². The molecule has 0 spiro atoms. The van der Waals surface area contributed by atoms with E-state index in [0.29, 0.717) is 12.3 Å². The molecule has 0 bridgehead atoms. The Hall–Kier alpha value is -1.35. The van der Waals surface area contributed by atoms with Gasteiger partial charge in [0.15, 0.2) is 5.78 Å². The first kappa shape index (κ1) is 13.7. The van der Waals surface area contributed by atoms with Gasteiger partial charge in [0.25, 0.3) is 0 Å². The Labute approximate surface area is 103 Å². The third-order valence-electron chi connectivity index (χ3n) is 2.62.